The molecule has 3 rings (SSSR count). The highest BCUT2D eigenvalue weighted by molar-refractivity contribution is 7.87. The van der Waals surface area contributed by atoms with Crippen molar-refractivity contribution in [1.82, 2.24) is 18.9 Å². The zero-order valence-corrected chi connectivity index (χ0v) is 13.6. The van der Waals surface area contributed by atoms with E-state index >= 15 is 0 Å². The van der Waals surface area contributed by atoms with Gasteiger partial charge < -0.3 is 0 Å². The van der Waals surface area contributed by atoms with Gasteiger partial charge in [0.1, 0.15) is 0 Å². The van der Waals surface area contributed by atoms with E-state index in [4.69, 9.17) is 0 Å². The fourth-order valence-corrected chi connectivity index (χ4v) is 4.76. The first-order chi connectivity index (χ1) is 10.6. The lowest BCUT2D eigenvalue weighted by Gasteiger charge is -2.33. The van der Waals surface area contributed by atoms with Gasteiger partial charge in [-0.3, -0.25) is 9.88 Å². The molecule has 1 N–H and O–H groups in total. The van der Waals surface area contributed by atoms with Gasteiger partial charge in [-0.2, -0.15) is 17.4 Å². The average molecular weight is 324 g/mol. The molecule has 22 heavy (non-hydrogen) atoms. The van der Waals surface area contributed by atoms with E-state index in [2.05, 4.69) is 20.7 Å². The SMILES string of the molecule is O=S(=O)(NC1CCCN(Cc2cccnc2)C1)N1CCCC1. The Balaban J connectivity index is 1.56. The number of nitrogens with zero attached hydrogens (tertiary/aromatic N) is 3. The van der Waals surface area contributed by atoms with Crippen molar-refractivity contribution in [3.8, 4) is 0 Å². The highest BCUT2D eigenvalue weighted by atomic mass is 32.2. The van der Waals surface area contributed by atoms with Crippen molar-refractivity contribution >= 4 is 10.2 Å². The molecule has 0 bridgehead atoms. The fourth-order valence-electron chi connectivity index (χ4n) is 3.26. The van der Waals surface area contributed by atoms with Gasteiger partial charge in [0.2, 0.25) is 0 Å². The van der Waals surface area contributed by atoms with Crippen molar-refractivity contribution in [2.24, 2.45) is 0 Å². The maximum Gasteiger partial charge on any atom is 0.279 e. The number of hydrogen-bond donors (Lipinski definition) is 1. The minimum Gasteiger partial charge on any atom is -0.297 e. The molecule has 3 heterocycles. The van der Waals surface area contributed by atoms with Crippen LogP contribution in [0.4, 0.5) is 0 Å². The fraction of sp³-hybridized carbons (Fsp3) is 0.667. The first-order valence-electron chi connectivity index (χ1n) is 8.02. The third kappa shape index (κ3) is 4.04. The summed E-state index contributed by atoms with van der Waals surface area (Å²) in [7, 11) is -3.31. The van der Waals surface area contributed by atoms with Crippen molar-refractivity contribution in [3.63, 3.8) is 0 Å². The Labute approximate surface area is 132 Å². The molecule has 0 saturated carbocycles. The Morgan fingerprint density at radius 3 is 2.77 bits per heavy atom. The van der Waals surface area contributed by atoms with Crippen molar-refractivity contribution in [3.05, 3.63) is 30.1 Å². The maximum atomic E-state index is 12.4. The van der Waals surface area contributed by atoms with Gasteiger partial charge in [0.05, 0.1) is 0 Å². The molecule has 7 heteroatoms. The molecule has 0 amide bonds. The highest BCUT2D eigenvalue weighted by Crippen LogP contribution is 2.17. The molecule has 2 aliphatic rings. The van der Waals surface area contributed by atoms with E-state index in [0.29, 0.717) is 13.1 Å². The van der Waals surface area contributed by atoms with E-state index in [1.165, 1.54) is 5.56 Å². The molecule has 0 radical (unpaired) electrons. The van der Waals surface area contributed by atoms with Crippen molar-refractivity contribution in [2.75, 3.05) is 26.2 Å². The van der Waals surface area contributed by atoms with Crippen LogP contribution in [0.25, 0.3) is 0 Å². The van der Waals surface area contributed by atoms with E-state index < -0.39 is 10.2 Å². The summed E-state index contributed by atoms with van der Waals surface area (Å²) in [5.41, 5.74) is 1.17. The van der Waals surface area contributed by atoms with Crippen LogP contribution in [-0.4, -0.2) is 54.8 Å². The number of hydrogen-bond acceptors (Lipinski definition) is 4. The first kappa shape index (κ1) is 15.9. The molecule has 0 spiro atoms. The van der Waals surface area contributed by atoms with Gasteiger partial charge in [0.25, 0.3) is 10.2 Å². The Kier molecular flexibility index (Phi) is 5.07. The molecule has 0 aliphatic carbocycles. The zero-order valence-electron chi connectivity index (χ0n) is 12.8. The van der Waals surface area contributed by atoms with Gasteiger partial charge in [0.15, 0.2) is 0 Å². The van der Waals surface area contributed by atoms with Gasteiger partial charge in [-0.1, -0.05) is 6.07 Å². The number of pyridine rings is 1. The summed E-state index contributed by atoms with van der Waals surface area (Å²) >= 11 is 0. The monoisotopic (exact) mass is 324 g/mol. The van der Waals surface area contributed by atoms with Crippen molar-refractivity contribution < 1.29 is 8.42 Å². The van der Waals surface area contributed by atoms with Gasteiger partial charge in [-0.25, -0.2) is 0 Å². The van der Waals surface area contributed by atoms with Crippen LogP contribution in [-0.2, 0) is 16.8 Å². The van der Waals surface area contributed by atoms with Crippen LogP contribution < -0.4 is 4.72 Å². The van der Waals surface area contributed by atoms with Crippen LogP contribution in [0.15, 0.2) is 24.5 Å². The number of aromatic nitrogens is 1. The largest absolute Gasteiger partial charge is 0.297 e. The molecule has 2 aliphatic heterocycles. The highest BCUT2D eigenvalue weighted by Gasteiger charge is 2.29. The lowest BCUT2D eigenvalue weighted by Crippen LogP contribution is -2.51. The normalized spacial score (nSPS) is 24.6. The Morgan fingerprint density at radius 1 is 1.23 bits per heavy atom. The second kappa shape index (κ2) is 7.04. The second-order valence-electron chi connectivity index (χ2n) is 6.16. The summed E-state index contributed by atoms with van der Waals surface area (Å²) < 4.78 is 29.2. The molecule has 2 fully saturated rings. The van der Waals surface area contributed by atoms with Crippen LogP contribution >= 0.6 is 0 Å². The van der Waals surface area contributed by atoms with Gasteiger partial charge in [-0.15, -0.1) is 0 Å². The molecule has 2 saturated heterocycles. The Morgan fingerprint density at radius 2 is 2.05 bits per heavy atom. The zero-order chi connectivity index (χ0) is 15.4. The number of likely N-dealkylation sites (tertiary alicyclic amines) is 1. The van der Waals surface area contributed by atoms with E-state index in [0.717, 1.165) is 45.3 Å². The molecule has 122 valence electrons. The van der Waals surface area contributed by atoms with Crippen LogP contribution in [0.5, 0.6) is 0 Å². The second-order valence-corrected chi connectivity index (χ2v) is 7.87. The van der Waals surface area contributed by atoms with Crippen LogP contribution in [0.2, 0.25) is 0 Å². The third-order valence-corrected chi connectivity index (χ3v) is 6.03. The summed E-state index contributed by atoms with van der Waals surface area (Å²) in [6.45, 7) is 3.91. The van der Waals surface area contributed by atoms with Crippen LogP contribution in [0.1, 0.15) is 31.2 Å². The summed E-state index contributed by atoms with van der Waals surface area (Å²) in [6, 6.07) is 4.01. The standard InChI is InChI=1S/C15H24N4O2S/c20-22(21,19-9-1-2-10-19)17-15-6-4-8-18(13-15)12-14-5-3-7-16-11-14/h3,5,7,11,15,17H,1-2,4,6,8-10,12-13H2. The quantitative estimate of drug-likeness (QED) is 0.877. The topological polar surface area (TPSA) is 65.5 Å². The summed E-state index contributed by atoms with van der Waals surface area (Å²) in [5, 5.41) is 0. The van der Waals surface area contributed by atoms with E-state index in [-0.39, 0.29) is 6.04 Å². The van der Waals surface area contributed by atoms with E-state index in [1.54, 1.807) is 10.5 Å². The molecule has 1 atom stereocenters. The lowest BCUT2D eigenvalue weighted by atomic mass is 10.1. The van der Waals surface area contributed by atoms with E-state index in [1.807, 2.05) is 12.3 Å². The minimum atomic E-state index is -3.31. The van der Waals surface area contributed by atoms with Gasteiger partial charge >= 0.3 is 0 Å². The predicted octanol–water partition coefficient (Wildman–Crippen LogP) is 0.976. The molecular weight excluding hydrogens is 300 g/mol. The maximum absolute atomic E-state index is 12.4. The number of nitrogens with one attached hydrogen (secondary N) is 1. The van der Waals surface area contributed by atoms with Crippen LogP contribution in [0.3, 0.4) is 0 Å². The lowest BCUT2D eigenvalue weighted by molar-refractivity contribution is 0.193. The third-order valence-electron chi connectivity index (χ3n) is 4.36. The summed E-state index contributed by atoms with van der Waals surface area (Å²) in [5.74, 6) is 0. The molecule has 1 unspecified atom stereocenters. The molecule has 1 aromatic heterocycles. The van der Waals surface area contributed by atoms with Gasteiger partial charge in [0, 0.05) is 44.6 Å². The predicted molar refractivity (Wildman–Crippen MR) is 85.4 cm³/mol. The average Bonchev–Trinajstić information content (AvgIpc) is 3.03. The minimum absolute atomic E-state index is 0.0102. The summed E-state index contributed by atoms with van der Waals surface area (Å²) in [4.78, 5) is 6.44. The van der Waals surface area contributed by atoms with Crippen LogP contribution in [0, 0.1) is 0 Å². The van der Waals surface area contributed by atoms with Crippen molar-refractivity contribution in [1.29, 1.82) is 0 Å². The smallest absolute Gasteiger partial charge is 0.279 e. The van der Waals surface area contributed by atoms with Gasteiger partial charge in [-0.05, 0) is 43.9 Å². The first-order valence-corrected chi connectivity index (χ1v) is 9.46. The Bertz CT molecular complexity index is 572. The molecule has 1 aromatic rings. The number of rotatable bonds is 5. The Hall–Kier alpha value is -1.02. The molecule has 6 nitrogen and oxygen atoms in total. The number of piperidine rings is 1. The summed E-state index contributed by atoms with van der Waals surface area (Å²) in [6.07, 6.45) is 7.52. The van der Waals surface area contributed by atoms with Crippen molar-refractivity contribution in [2.45, 2.75) is 38.3 Å². The molecule has 0 aromatic carbocycles. The molecular formula is C15H24N4O2S. The van der Waals surface area contributed by atoms with E-state index in [9.17, 15) is 8.42 Å².